The Kier molecular flexibility index (Phi) is 9.90. The third-order valence-electron chi connectivity index (χ3n) is 2.56. The van der Waals surface area contributed by atoms with Gasteiger partial charge in [0.05, 0.1) is 17.8 Å². The highest BCUT2D eigenvalue weighted by atomic mass is 32.2. The molecule has 0 aromatic heterocycles. The standard InChI is InChI=1S/C16H34O2S2/c1-13(2)18-16(6,7)11-14(17)12-19-9-8-10-20-15(3,4)5/h13-14,17H,8-12H2,1-7H3. The van der Waals surface area contributed by atoms with Crippen LogP contribution in [-0.4, -0.2) is 44.9 Å². The van der Waals surface area contributed by atoms with Gasteiger partial charge in [-0.2, -0.15) is 23.5 Å². The summed E-state index contributed by atoms with van der Waals surface area (Å²) in [6.07, 6.45) is 1.85. The van der Waals surface area contributed by atoms with Crippen molar-refractivity contribution in [2.45, 2.75) is 83.9 Å². The lowest BCUT2D eigenvalue weighted by Crippen LogP contribution is -2.33. The van der Waals surface area contributed by atoms with E-state index < -0.39 is 0 Å². The number of thioether (sulfide) groups is 2. The first-order valence-corrected chi connectivity index (χ1v) is 9.73. The summed E-state index contributed by atoms with van der Waals surface area (Å²) in [6, 6.07) is 0. The van der Waals surface area contributed by atoms with E-state index in [1.807, 2.05) is 37.4 Å². The highest BCUT2D eigenvalue weighted by Gasteiger charge is 2.24. The number of aliphatic hydroxyl groups is 1. The molecule has 0 amide bonds. The molecule has 2 nitrogen and oxygen atoms in total. The second-order valence-electron chi connectivity index (χ2n) is 7.17. The van der Waals surface area contributed by atoms with Gasteiger partial charge in [0, 0.05) is 16.9 Å². The summed E-state index contributed by atoms with van der Waals surface area (Å²) in [5.74, 6) is 3.14. The van der Waals surface area contributed by atoms with Crippen molar-refractivity contribution in [3.8, 4) is 0 Å². The van der Waals surface area contributed by atoms with E-state index >= 15 is 0 Å². The molecule has 0 fully saturated rings. The maximum Gasteiger partial charge on any atom is 0.0657 e. The zero-order valence-electron chi connectivity index (χ0n) is 14.4. The normalized spacial score (nSPS) is 14.8. The quantitative estimate of drug-likeness (QED) is 0.595. The first kappa shape index (κ1) is 20.6. The van der Waals surface area contributed by atoms with Gasteiger partial charge in [0.15, 0.2) is 0 Å². The van der Waals surface area contributed by atoms with Gasteiger partial charge in [-0.05, 0) is 45.6 Å². The Morgan fingerprint density at radius 1 is 1.05 bits per heavy atom. The summed E-state index contributed by atoms with van der Waals surface area (Å²) in [7, 11) is 0. The van der Waals surface area contributed by atoms with Crippen molar-refractivity contribution in [3.05, 3.63) is 0 Å². The Morgan fingerprint density at radius 3 is 2.15 bits per heavy atom. The molecule has 0 aliphatic heterocycles. The second kappa shape index (κ2) is 9.60. The molecule has 0 aliphatic carbocycles. The third kappa shape index (κ3) is 13.6. The molecule has 0 saturated carbocycles. The number of ether oxygens (including phenoxy) is 1. The maximum absolute atomic E-state index is 10.1. The van der Waals surface area contributed by atoms with Gasteiger partial charge in [-0.1, -0.05) is 20.8 Å². The third-order valence-corrected chi connectivity index (χ3v) is 5.12. The Bertz CT molecular complexity index is 247. The van der Waals surface area contributed by atoms with Crippen molar-refractivity contribution in [1.82, 2.24) is 0 Å². The number of hydrogen-bond donors (Lipinski definition) is 1. The van der Waals surface area contributed by atoms with Crippen LogP contribution in [0.15, 0.2) is 0 Å². The van der Waals surface area contributed by atoms with E-state index in [0.29, 0.717) is 11.2 Å². The highest BCUT2D eigenvalue weighted by Crippen LogP contribution is 2.25. The van der Waals surface area contributed by atoms with Crippen LogP contribution in [0.1, 0.15) is 61.3 Å². The van der Waals surface area contributed by atoms with Gasteiger partial charge in [0.25, 0.3) is 0 Å². The Hall–Kier alpha value is 0.620. The van der Waals surface area contributed by atoms with Crippen molar-refractivity contribution in [2.24, 2.45) is 0 Å². The summed E-state index contributed by atoms with van der Waals surface area (Å²) < 4.78 is 6.18. The molecule has 0 aromatic rings. The van der Waals surface area contributed by atoms with E-state index in [1.165, 1.54) is 12.2 Å². The molecule has 122 valence electrons. The van der Waals surface area contributed by atoms with Gasteiger partial charge in [-0.3, -0.25) is 0 Å². The lowest BCUT2D eigenvalue weighted by Gasteiger charge is -2.29. The summed E-state index contributed by atoms with van der Waals surface area (Å²) in [5, 5.41) is 10.1. The highest BCUT2D eigenvalue weighted by molar-refractivity contribution is 8.01. The molecule has 0 aliphatic rings. The van der Waals surface area contributed by atoms with E-state index in [4.69, 9.17) is 4.74 Å². The summed E-state index contributed by atoms with van der Waals surface area (Å²) in [4.78, 5) is 0. The van der Waals surface area contributed by atoms with Crippen molar-refractivity contribution < 1.29 is 9.84 Å². The Labute approximate surface area is 134 Å². The van der Waals surface area contributed by atoms with Crippen LogP contribution in [0.2, 0.25) is 0 Å². The molecule has 0 radical (unpaired) electrons. The summed E-state index contributed by atoms with van der Waals surface area (Å²) in [5.41, 5.74) is -0.240. The van der Waals surface area contributed by atoms with Gasteiger partial charge >= 0.3 is 0 Å². The topological polar surface area (TPSA) is 29.5 Å². The van der Waals surface area contributed by atoms with Gasteiger partial charge in [0.2, 0.25) is 0 Å². The molecule has 1 unspecified atom stereocenters. The van der Waals surface area contributed by atoms with E-state index in [0.717, 1.165) is 11.5 Å². The SMILES string of the molecule is CC(C)OC(C)(C)CC(O)CSCCCSC(C)(C)C. The molecule has 20 heavy (non-hydrogen) atoms. The van der Waals surface area contributed by atoms with Crippen LogP contribution in [0, 0.1) is 0 Å². The van der Waals surface area contributed by atoms with Crippen LogP contribution in [0.3, 0.4) is 0 Å². The average Bonchev–Trinajstić information content (AvgIpc) is 2.18. The number of hydrogen-bond acceptors (Lipinski definition) is 4. The molecule has 4 heteroatoms. The minimum atomic E-state index is -0.274. The molecule has 0 spiro atoms. The Morgan fingerprint density at radius 2 is 1.65 bits per heavy atom. The molecular weight excluding hydrogens is 288 g/mol. The average molecular weight is 323 g/mol. The van der Waals surface area contributed by atoms with Crippen molar-refractivity contribution in [2.75, 3.05) is 17.3 Å². The Balaban J connectivity index is 3.66. The predicted octanol–water partition coefficient (Wildman–Crippen LogP) is 4.60. The lowest BCUT2D eigenvalue weighted by molar-refractivity contribution is -0.0768. The van der Waals surface area contributed by atoms with Crippen molar-refractivity contribution in [3.63, 3.8) is 0 Å². The molecule has 0 bridgehead atoms. The molecule has 0 aromatic carbocycles. The number of aliphatic hydroxyl groups excluding tert-OH is 1. The number of rotatable bonds is 10. The van der Waals surface area contributed by atoms with Crippen LogP contribution >= 0.6 is 23.5 Å². The van der Waals surface area contributed by atoms with Crippen LogP contribution in [-0.2, 0) is 4.74 Å². The molecule has 1 N–H and O–H groups in total. The lowest BCUT2D eigenvalue weighted by atomic mass is 10.0. The smallest absolute Gasteiger partial charge is 0.0657 e. The monoisotopic (exact) mass is 322 g/mol. The summed E-state index contributed by atoms with van der Waals surface area (Å²) >= 11 is 3.87. The van der Waals surface area contributed by atoms with E-state index in [2.05, 4.69) is 34.6 Å². The van der Waals surface area contributed by atoms with E-state index in [-0.39, 0.29) is 17.8 Å². The van der Waals surface area contributed by atoms with Gasteiger partial charge < -0.3 is 9.84 Å². The zero-order valence-corrected chi connectivity index (χ0v) is 16.0. The predicted molar refractivity (Wildman–Crippen MR) is 95.1 cm³/mol. The van der Waals surface area contributed by atoms with E-state index in [9.17, 15) is 5.11 Å². The van der Waals surface area contributed by atoms with Crippen LogP contribution in [0.5, 0.6) is 0 Å². The molecular formula is C16H34O2S2. The zero-order chi connectivity index (χ0) is 15.8. The fourth-order valence-corrected chi connectivity index (χ4v) is 4.06. The molecule has 0 saturated heterocycles. The van der Waals surface area contributed by atoms with Crippen LogP contribution in [0.4, 0.5) is 0 Å². The van der Waals surface area contributed by atoms with E-state index in [1.54, 1.807) is 0 Å². The minimum absolute atomic E-state index is 0.208. The van der Waals surface area contributed by atoms with Gasteiger partial charge in [0.1, 0.15) is 0 Å². The first-order chi connectivity index (χ1) is 9.02. The molecule has 1 atom stereocenters. The van der Waals surface area contributed by atoms with Gasteiger partial charge in [-0.15, -0.1) is 0 Å². The second-order valence-corrected chi connectivity index (χ2v) is 10.2. The fraction of sp³-hybridized carbons (Fsp3) is 1.00. The summed E-state index contributed by atoms with van der Waals surface area (Å²) in [6.45, 7) is 15.0. The van der Waals surface area contributed by atoms with Crippen LogP contribution < -0.4 is 0 Å². The van der Waals surface area contributed by atoms with Gasteiger partial charge in [-0.25, -0.2) is 0 Å². The first-order valence-electron chi connectivity index (χ1n) is 7.59. The van der Waals surface area contributed by atoms with Crippen molar-refractivity contribution in [1.29, 1.82) is 0 Å². The van der Waals surface area contributed by atoms with Crippen LogP contribution in [0.25, 0.3) is 0 Å². The molecule has 0 heterocycles. The maximum atomic E-state index is 10.1. The molecule has 0 rings (SSSR count). The fourth-order valence-electron chi connectivity index (χ4n) is 2.07. The largest absolute Gasteiger partial charge is 0.392 e. The van der Waals surface area contributed by atoms with Crippen molar-refractivity contribution >= 4 is 23.5 Å². The minimum Gasteiger partial charge on any atom is -0.392 e.